The molecule has 0 aliphatic heterocycles. The first-order valence-electron chi connectivity index (χ1n) is 6.54. The molecule has 0 atom stereocenters. The monoisotopic (exact) mass is 272 g/mol. The molecule has 0 fully saturated rings. The third-order valence-electron chi connectivity index (χ3n) is 3.16. The summed E-state index contributed by atoms with van der Waals surface area (Å²) in [6.07, 6.45) is 0.862. The van der Waals surface area contributed by atoms with Crippen LogP contribution in [0.25, 0.3) is 0 Å². The lowest BCUT2D eigenvalue weighted by Gasteiger charge is -2.12. The zero-order chi connectivity index (χ0) is 14.4. The molecule has 2 aromatic rings. The summed E-state index contributed by atoms with van der Waals surface area (Å²) >= 11 is 0. The highest BCUT2D eigenvalue weighted by atomic mass is 16.5. The standard InChI is InChI=1S/C16H20N2O2/c1-19-13-7-8-14(17)15(11-13)18-10-9-12-5-3-4-6-16(12)20-2/h3-8,11,18H,9-10,17H2,1-2H3. The lowest BCUT2D eigenvalue weighted by molar-refractivity contribution is 0.410. The fourth-order valence-corrected chi connectivity index (χ4v) is 2.06. The van der Waals surface area contributed by atoms with E-state index in [4.69, 9.17) is 15.2 Å². The molecule has 0 aliphatic carbocycles. The van der Waals surface area contributed by atoms with Gasteiger partial charge in [-0.05, 0) is 30.2 Å². The molecule has 3 N–H and O–H groups in total. The van der Waals surface area contributed by atoms with Crippen LogP contribution in [0.2, 0.25) is 0 Å². The molecule has 0 amide bonds. The van der Waals surface area contributed by atoms with Crippen molar-refractivity contribution in [1.82, 2.24) is 0 Å². The van der Waals surface area contributed by atoms with E-state index in [1.54, 1.807) is 14.2 Å². The van der Waals surface area contributed by atoms with Crippen LogP contribution in [0.15, 0.2) is 42.5 Å². The topological polar surface area (TPSA) is 56.5 Å². The number of ether oxygens (including phenoxy) is 2. The maximum absolute atomic E-state index is 5.94. The van der Waals surface area contributed by atoms with Gasteiger partial charge >= 0.3 is 0 Å². The largest absolute Gasteiger partial charge is 0.497 e. The van der Waals surface area contributed by atoms with Gasteiger partial charge in [0.25, 0.3) is 0 Å². The molecule has 0 heterocycles. The van der Waals surface area contributed by atoms with Crippen molar-refractivity contribution in [3.05, 3.63) is 48.0 Å². The smallest absolute Gasteiger partial charge is 0.122 e. The van der Waals surface area contributed by atoms with Gasteiger partial charge in [0.1, 0.15) is 11.5 Å². The van der Waals surface area contributed by atoms with E-state index >= 15 is 0 Å². The van der Waals surface area contributed by atoms with E-state index in [2.05, 4.69) is 11.4 Å². The highest BCUT2D eigenvalue weighted by molar-refractivity contribution is 5.68. The second kappa shape index (κ2) is 6.70. The van der Waals surface area contributed by atoms with Crippen LogP contribution in [0.1, 0.15) is 5.56 Å². The number of nitrogen functional groups attached to an aromatic ring is 1. The van der Waals surface area contributed by atoms with Gasteiger partial charge in [-0.1, -0.05) is 18.2 Å². The second-order valence-corrected chi connectivity index (χ2v) is 4.44. The Bertz CT molecular complexity index is 570. The van der Waals surface area contributed by atoms with Crippen molar-refractivity contribution in [2.45, 2.75) is 6.42 Å². The minimum absolute atomic E-state index is 0.714. The Labute approximate surface area is 119 Å². The molecular formula is C16H20N2O2. The number of rotatable bonds is 6. The summed E-state index contributed by atoms with van der Waals surface area (Å²) in [7, 11) is 3.33. The lowest BCUT2D eigenvalue weighted by atomic mass is 10.1. The Hall–Kier alpha value is -2.36. The van der Waals surface area contributed by atoms with E-state index < -0.39 is 0 Å². The van der Waals surface area contributed by atoms with E-state index in [1.807, 2.05) is 36.4 Å². The molecule has 2 rings (SSSR count). The van der Waals surface area contributed by atoms with E-state index in [-0.39, 0.29) is 0 Å². The zero-order valence-electron chi connectivity index (χ0n) is 11.8. The molecule has 0 aromatic heterocycles. The van der Waals surface area contributed by atoms with Gasteiger partial charge < -0.3 is 20.5 Å². The summed E-state index contributed by atoms with van der Waals surface area (Å²) in [5, 5.41) is 3.33. The molecule has 4 nitrogen and oxygen atoms in total. The van der Waals surface area contributed by atoms with Crippen molar-refractivity contribution in [3.63, 3.8) is 0 Å². The van der Waals surface area contributed by atoms with Gasteiger partial charge in [0.05, 0.1) is 25.6 Å². The molecule has 2 aromatic carbocycles. The van der Waals surface area contributed by atoms with Crippen LogP contribution in [0, 0.1) is 0 Å². The number of hydrogen-bond donors (Lipinski definition) is 2. The van der Waals surface area contributed by atoms with Crippen LogP contribution in [0.4, 0.5) is 11.4 Å². The quantitative estimate of drug-likeness (QED) is 0.794. The molecule has 106 valence electrons. The summed E-state index contributed by atoms with van der Waals surface area (Å²) in [4.78, 5) is 0. The summed E-state index contributed by atoms with van der Waals surface area (Å²) < 4.78 is 10.5. The maximum Gasteiger partial charge on any atom is 0.122 e. The van der Waals surface area contributed by atoms with E-state index in [0.717, 1.165) is 30.2 Å². The molecule has 0 saturated heterocycles. The molecule has 0 radical (unpaired) electrons. The fraction of sp³-hybridized carbons (Fsp3) is 0.250. The van der Waals surface area contributed by atoms with Crippen LogP contribution < -0.4 is 20.5 Å². The molecule has 0 saturated carbocycles. The molecule has 20 heavy (non-hydrogen) atoms. The average molecular weight is 272 g/mol. The van der Waals surface area contributed by atoms with Crippen molar-refractivity contribution in [3.8, 4) is 11.5 Å². The Kier molecular flexibility index (Phi) is 4.71. The van der Waals surface area contributed by atoms with Crippen LogP contribution in [0.5, 0.6) is 11.5 Å². The second-order valence-electron chi connectivity index (χ2n) is 4.44. The Morgan fingerprint density at radius 1 is 1.05 bits per heavy atom. The molecular weight excluding hydrogens is 252 g/mol. The summed E-state index contributed by atoms with van der Waals surface area (Å²) in [6.45, 7) is 0.776. The van der Waals surface area contributed by atoms with Crippen molar-refractivity contribution >= 4 is 11.4 Å². The van der Waals surface area contributed by atoms with Gasteiger partial charge in [-0.3, -0.25) is 0 Å². The number of benzene rings is 2. The predicted molar refractivity (Wildman–Crippen MR) is 82.6 cm³/mol. The molecule has 0 aliphatic rings. The minimum atomic E-state index is 0.714. The van der Waals surface area contributed by atoms with Crippen molar-refractivity contribution in [1.29, 1.82) is 0 Å². The molecule has 0 spiro atoms. The van der Waals surface area contributed by atoms with Gasteiger partial charge in [-0.15, -0.1) is 0 Å². The minimum Gasteiger partial charge on any atom is -0.497 e. The van der Waals surface area contributed by atoms with Crippen molar-refractivity contribution in [2.24, 2.45) is 0 Å². The fourth-order valence-electron chi connectivity index (χ4n) is 2.06. The van der Waals surface area contributed by atoms with Crippen molar-refractivity contribution in [2.75, 3.05) is 31.8 Å². The SMILES string of the molecule is COc1ccc(N)c(NCCc2ccccc2OC)c1. The van der Waals surface area contributed by atoms with E-state index in [1.165, 1.54) is 5.56 Å². The summed E-state index contributed by atoms with van der Waals surface area (Å²) in [5.74, 6) is 1.70. The third kappa shape index (κ3) is 3.35. The van der Waals surface area contributed by atoms with E-state index in [0.29, 0.717) is 5.69 Å². The van der Waals surface area contributed by atoms with Crippen molar-refractivity contribution < 1.29 is 9.47 Å². The molecule has 4 heteroatoms. The van der Waals surface area contributed by atoms with Gasteiger partial charge in [0, 0.05) is 12.6 Å². The van der Waals surface area contributed by atoms with E-state index in [9.17, 15) is 0 Å². The highest BCUT2D eigenvalue weighted by Crippen LogP contribution is 2.24. The van der Waals surface area contributed by atoms with Gasteiger partial charge in [-0.25, -0.2) is 0 Å². The number of hydrogen-bond acceptors (Lipinski definition) is 4. The maximum atomic E-state index is 5.94. The number of anilines is 2. The van der Waals surface area contributed by atoms with Gasteiger partial charge in [-0.2, -0.15) is 0 Å². The normalized spacial score (nSPS) is 10.1. The number of nitrogens with one attached hydrogen (secondary N) is 1. The first kappa shape index (κ1) is 14.1. The highest BCUT2D eigenvalue weighted by Gasteiger charge is 2.03. The first-order valence-corrected chi connectivity index (χ1v) is 6.54. The zero-order valence-corrected chi connectivity index (χ0v) is 11.8. The van der Waals surface area contributed by atoms with Crippen LogP contribution in [-0.2, 0) is 6.42 Å². The van der Waals surface area contributed by atoms with Gasteiger partial charge in [0.15, 0.2) is 0 Å². The molecule has 0 unspecified atom stereocenters. The van der Waals surface area contributed by atoms with Crippen LogP contribution in [0.3, 0.4) is 0 Å². The Morgan fingerprint density at radius 3 is 2.60 bits per heavy atom. The van der Waals surface area contributed by atoms with Crippen LogP contribution in [-0.4, -0.2) is 20.8 Å². The summed E-state index contributed by atoms with van der Waals surface area (Å²) in [5.41, 5.74) is 8.71. The Morgan fingerprint density at radius 2 is 1.85 bits per heavy atom. The number of nitrogens with two attached hydrogens (primary N) is 1. The lowest BCUT2D eigenvalue weighted by Crippen LogP contribution is -2.07. The number of para-hydroxylation sites is 1. The summed E-state index contributed by atoms with van der Waals surface area (Å²) in [6, 6.07) is 13.6. The third-order valence-corrected chi connectivity index (χ3v) is 3.16. The Balaban J connectivity index is 1.99. The van der Waals surface area contributed by atoms with Gasteiger partial charge in [0.2, 0.25) is 0 Å². The molecule has 0 bridgehead atoms. The van der Waals surface area contributed by atoms with Crippen LogP contribution >= 0.6 is 0 Å². The predicted octanol–water partition coefficient (Wildman–Crippen LogP) is 2.94. The first-order chi connectivity index (χ1) is 9.74. The number of methoxy groups -OCH3 is 2. The average Bonchev–Trinajstić information content (AvgIpc) is 2.49.